The van der Waals surface area contributed by atoms with Crippen LogP contribution in [0.15, 0.2) is 48.5 Å². The lowest BCUT2D eigenvalue weighted by molar-refractivity contribution is 0.242. The summed E-state index contributed by atoms with van der Waals surface area (Å²) < 4.78 is 5.78. The van der Waals surface area contributed by atoms with E-state index in [-0.39, 0.29) is 13.2 Å². The van der Waals surface area contributed by atoms with Gasteiger partial charge in [-0.25, -0.2) is 0 Å². The van der Waals surface area contributed by atoms with Crippen molar-refractivity contribution >= 4 is 0 Å². The molecule has 0 bridgehead atoms. The van der Waals surface area contributed by atoms with Crippen LogP contribution in [0.2, 0.25) is 0 Å². The van der Waals surface area contributed by atoms with Crippen molar-refractivity contribution in [3.63, 3.8) is 0 Å². The first kappa shape index (κ1) is 19.2. The maximum Gasteiger partial charge on any atom is 0.127 e. The second-order valence-electron chi connectivity index (χ2n) is 5.25. The Labute approximate surface area is 139 Å². The number of hydrogen-bond acceptors (Lipinski definition) is 3. The van der Waals surface area contributed by atoms with Crippen LogP contribution in [0, 0.1) is 0 Å². The quantitative estimate of drug-likeness (QED) is 0.746. The number of aliphatic hydroxyl groups excluding tert-OH is 2. The zero-order chi connectivity index (χ0) is 16.9. The summed E-state index contributed by atoms with van der Waals surface area (Å²) in [6.45, 7) is 4.69. The SMILES string of the molecule is CCc1ccc(Oc2ccc(CC)cc2)cc1.OCCCCO. The van der Waals surface area contributed by atoms with Crippen molar-refractivity contribution in [3.8, 4) is 11.5 Å². The monoisotopic (exact) mass is 316 g/mol. The minimum absolute atomic E-state index is 0.195. The third-order valence-electron chi connectivity index (χ3n) is 3.47. The van der Waals surface area contributed by atoms with Crippen LogP contribution in [0.1, 0.15) is 37.8 Å². The van der Waals surface area contributed by atoms with E-state index in [9.17, 15) is 0 Å². The summed E-state index contributed by atoms with van der Waals surface area (Å²) in [4.78, 5) is 0. The number of rotatable bonds is 7. The number of benzene rings is 2. The Kier molecular flexibility index (Phi) is 9.76. The molecule has 0 saturated heterocycles. The van der Waals surface area contributed by atoms with Gasteiger partial charge in [0.05, 0.1) is 0 Å². The average molecular weight is 316 g/mol. The summed E-state index contributed by atoms with van der Waals surface area (Å²) in [7, 11) is 0. The molecule has 0 radical (unpaired) electrons. The molecule has 3 nitrogen and oxygen atoms in total. The van der Waals surface area contributed by atoms with Gasteiger partial charge in [-0.2, -0.15) is 0 Å². The molecule has 0 atom stereocenters. The van der Waals surface area contributed by atoms with Crippen molar-refractivity contribution in [2.45, 2.75) is 39.5 Å². The topological polar surface area (TPSA) is 49.7 Å². The molecule has 2 rings (SSSR count). The second kappa shape index (κ2) is 11.7. The molecule has 0 aliphatic heterocycles. The number of ether oxygens (including phenoxy) is 1. The third-order valence-corrected chi connectivity index (χ3v) is 3.47. The summed E-state index contributed by atoms with van der Waals surface area (Å²) >= 11 is 0. The van der Waals surface area contributed by atoms with Crippen LogP contribution in [0.4, 0.5) is 0 Å². The lowest BCUT2D eigenvalue weighted by atomic mass is 10.1. The van der Waals surface area contributed by atoms with E-state index in [0.717, 1.165) is 37.2 Å². The van der Waals surface area contributed by atoms with Crippen molar-refractivity contribution in [2.24, 2.45) is 0 Å². The van der Waals surface area contributed by atoms with Crippen LogP contribution in [0.3, 0.4) is 0 Å². The Balaban J connectivity index is 0.000000379. The molecule has 0 fully saturated rings. The van der Waals surface area contributed by atoms with Crippen LogP contribution in [-0.2, 0) is 12.8 Å². The molecular weight excluding hydrogens is 288 g/mol. The van der Waals surface area contributed by atoms with Gasteiger partial charge in [-0.3, -0.25) is 0 Å². The molecule has 0 spiro atoms. The third kappa shape index (κ3) is 7.82. The number of aryl methyl sites for hydroxylation is 2. The number of hydrogen-bond donors (Lipinski definition) is 2. The zero-order valence-corrected chi connectivity index (χ0v) is 14.2. The van der Waals surface area contributed by atoms with Gasteiger partial charge in [-0.15, -0.1) is 0 Å². The molecule has 3 heteroatoms. The van der Waals surface area contributed by atoms with Crippen LogP contribution < -0.4 is 4.74 Å². The minimum atomic E-state index is 0.195. The minimum Gasteiger partial charge on any atom is -0.457 e. The highest BCUT2D eigenvalue weighted by atomic mass is 16.5. The predicted octanol–water partition coefficient (Wildman–Crippen LogP) is 4.35. The fourth-order valence-electron chi connectivity index (χ4n) is 1.95. The second-order valence-corrected chi connectivity index (χ2v) is 5.25. The van der Waals surface area contributed by atoms with E-state index >= 15 is 0 Å². The van der Waals surface area contributed by atoms with E-state index < -0.39 is 0 Å². The molecule has 0 amide bonds. The lowest BCUT2D eigenvalue weighted by Crippen LogP contribution is -1.86. The Morgan fingerprint density at radius 2 is 1.00 bits per heavy atom. The summed E-state index contributed by atoms with van der Waals surface area (Å²) in [5.41, 5.74) is 2.66. The Hall–Kier alpha value is -1.84. The summed E-state index contributed by atoms with van der Waals surface area (Å²) in [6.07, 6.45) is 3.56. The van der Waals surface area contributed by atoms with Gasteiger partial charge in [0, 0.05) is 13.2 Å². The van der Waals surface area contributed by atoms with Gasteiger partial charge in [0.1, 0.15) is 11.5 Å². The van der Waals surface area contributed by atoms with Crippen molar-refractivity contribution in [3.05, 3.63) is 59.7 Å². The van der Waals surface area contributed by atoms with Gasteiger partial charge < -0.3 is 14.9 Å². The van der Waals surface area contributed by atoms with Gasteiger partial charge in [0.15, 0.2) is 0 Å². The molecule has 2 aromatic carbocycles. The van der Waals surface area contributed by atoms with E-state index in [1.807, 2.05) is 24.3 Å². The molecule has 126 valence electrons. The van der Waals surface area contributed by atoms with Gasteiger partial charge in [-0.05, 0) is 61.1 Å². The fraction of sp³-hybridized carbons (Fsp3) is 0.400. The smallest absolute Gasteiger partial charge is 0.127 e. The highest BCUT2D eigenvalue weighted by Gasteiger charge is 1.97. The average Bonchev–Trinajstić information content (AvgIpc) is 2.62. The largest absolute Gasteiger partial charge is 0.457 e. The molecule has 0 aliphatic rings. The fourth-order valence-corrected chi connectivity index (χ4v) is 1.95. The van der Waals surface area contributed by atoms with Crippen LogP contribution in [0.5, 0.6) is 11.5 Å². The van der Waals surface area contributed by atoms with Gasteiger partial charge >= 0.3 is 0 Å². The zero-order valence-electron chi connectivity index (χ0n) is 14.2. The lowest BCUT2D eigenvalue weighted by Gasteiger charge is -2.06. The maximum absolute atomic E-state index is 8.09. The van der Waals surface area contributed by atoms with Crippen molar-refractivity contribution < 1.29 is 14.9 Å². The molecule has 0 saturated carbocycles. The van der Waals surface area contributed by atoms with E-state index in [4.69, 9.17) is 14.9 Å². The Bertz CT molecular complexity index is 468. The molecule has 2 aromatic rings. The highest BCUT2D eigenvalue weighted by molar-refractivity contribution is 5.34. The van der Waals surface area contributed by atoms with Gasteiger partial charge in [0.2, 0.25) is 0 Å². The van der Waals surface area contributed by atoms with Crippen molar-refractivity contribution in [2.75, 3.05) is 13.2 Å². The molecule has 0 aliphatic carbocycles. The first-order valence-electron chi connectivity index (χ1n) is 8.30. The standard InChI is InChI=1S/C16H18O.C4H10O2/c1-3-13-5-9-15(10-6-13)17-16-11-7-14(4-2)8-12-16;5-3-1-2-4-6/h5-12H,3-4H2,1-2H3;5-6H,1-4H2. The summed E-state index contributed by atoms with van der Waals surface area (Å²) in [5.74, 6) is 1.79. The number of aliphatic hydroxyl groups is 2. The Morgan fingerprint density at radius 3 is 1.26 bits per heavy atom. The van der Waals surface area contributed by atoms with E-state index in [1.165, 1.54) is 11.1 Å². The normalized spacial score (nSPS) is 9.91. The molecular formula is C20H28O3. The van der Waals surface area contributed by atoms with E-state index in [2.05, 4.69) is 38.1 Å². The molecule has 0 unspecified atom stereocenters. The van der Waals surface area contributed by atoms with Crippen LogP contribution in [-0.4, -0.2) is 23.4 Å². The van der Waals surface area contributed by atoms with Crippen molar-refractivity contribution in [1.82, 2.24) is 0 Å². The predicted molar refractivity (Wildman–Crippen MR) is 95.1 cm³/mol. The van der Waals surface area contributed by atoms with Crippen molar-refractivity contribution in [1.29, 1.82) is 0 Å². The number of unbranched alkanes of at least 4 members (excludes halogenated alkanes) is 1. The van der Waals surface area contributed by atoms with E-state index in [0.29, 0.717) is 0 Å². The van der Waals surface area contributed by atoms with Gasteiger partial charge in [0.25, 0.3) is 0 Å². The summed E-state index contributed by atoms with van der Waals surface area (Å²) in [6, 6.07) is 16.5. The molecule has 23 heavy (non-hydrogen) atoms. The molecule has 0 heterocycles. The first-order valence-corrected chi connectivity index (χ1v) is 8.30. The maximum atomic E-state index is 8.09. The van der Waals surface area contributed by atoms with Crippen LogP contribution in [0.25, 0.3) is 0 Å². The Morgan fingerprint density at radius 1 is 0.652 bits per heavy atom. The molecule has 0 aromatic heterocycles. The first-order chi connectivity index (χ1) is 11.2. The summed E-state index contributed by atoms with van der Waals surface area (Å²) in [5, 5.41) is 16.2. The highest BCUT2D eigenvalue weighted by Crippen LogP contribution is 2.22. The molecule has 2 N–H and O–H groups in total. The van der Waals surface area contributed by atoms with Gasteiger partial charge in [-0.1, -0.05) is 38.1 Å². The van der Waals surface area contributed by atoms with E-state index in [1.54, 1.807) is 0 Å². The van der Waals surface area contributed by atoms with Crippen LogP contribution >= 0.6 is 0 Å².